The van der Waals surface area contributed by atoms with Gasteiger partial charge >= 0.3 is 0 Å². The van der Waals surface area contributed by atoms with Gasteiger partial charge in [0.05, 0.1) is 5.25 Å². The quantitative estimate of drug-likeness (QED) is 0.573. The number of aromatic nitrogens is 5. The fourth-order valence-electron chi connectivity index (χ4n) is 2.86. The van der Waals surface area contributed by atoms with Crippen molar-refractivity contribution in [2.24, 2.45) is 0 Å². The molecule has 2 aromatic heterocycles. The first-order valence-electron chi connectivity index (χ1n) is 9.05. The second kappa shape index (κ2) is 6.87. The van der Waals surface area contributed by atoms with Crippen LogP contribution in [0.15, 0.2) is 33.8 Å². The van der Waals surface area contributed by atoms with E-state index in [0.29, 0.717) is 23.7 Å². The summed E-state index contributed by atoms with van der Waals surface area (Å²) >= 11 is 1.63. The molecule has 1 saturated carbocycles. The van der Waals surface area contributed by atoms with Crippen molar-refractivity contribution < 1.29 is 4.42 Å². The average Bonchev–Trinajstić information content (AvgIpc) is 3.17. The van der Waals surface area contributed by atoms with Gasteiger partial charge in [-0.05, 0) is 38.8 Å². The Morgan fingerprint density at radius 2 is 1.77 bits per heavy atom. The van der Waals surface area contributed by atoms with Gasteiger partial charge in [-0.3, -0.25) is 0 Å². The number of rotatable bonds is 6. The average molecular weight is 369 g/mol. The standard InChI is InChI=1S/C19H23N5OS/c1-11(2)16-20-23-19(24(16)15-9-10-15)26-13(4)17-21-22-18(25-17)14-7-5-12(3)6-8-14/h5-8,11,13,15H,9-10H2,1-4H3. The summed E-state index contributed by atoms with van der Waals surface area (Å²) in [7, 11) is 0. The number of hydrogen-bond donors (Lipinski definition) is 0. The van der Waals surface area contributed by atoms with E-state index < -0.39 is 0 Å². The molecule has 0 aliphatic heterocycles. The lowest BCUT2D eigenvalue weighted by molar-refractivity contribution is 0.508. The predicted molar refractivity (Wildman–Crippen MR) is 101 cm³/mol. The van der Waals surface area contributed by atoms with Crippen molar-refractivity contribution in [1.29, 1.82) is 0 Å². The third-order valence-electron chi connectivity index (χ3n) is 4.49. The number of hydrogen-bond acceptors (Lipinski definition) is 6. The van der Waals surface area contributed by atoms with Gasteiger partial charge in [-0.1, -0.05) is 43.3 Å². The lowest BCUT2D eigenvalue weighted by atomic mass is 10.1. The van der Waals surface area contributed by atoms with Gasteiger partial charge in [0.15, 0.2) is 5.16 Å². The number of nitrogens with zero attached hydrogens (tertiary/aromatic N) is 5. The predicted octanol–water partition coefficient (Wildman–Crippen LogP) is 4.95. The Kier molecular flexibility index (Phi) is 4.56. The molecule has 0 saturated heterocycles. The van der Waals surface area contributed by atoms with E-state index in [1.54, 1.807) is 11.8 Å². The molecule has 2 heterocycles. The first-order chi connectivity index (χ1) is 12.5. The summed E-state index contributed by atoms with van der Waals surface area (Å²) < 4.78 is 8.21. The molecular formula is C19H23N5OS. The zero-order valence-corrected chi connectivity index (χ0v) is 16.3. The SMILES string of the molecule is Cc1ccc(-c2nnc(C(C)Sc3nnc(C(C)C)n3C3CC3)o2)cc1. The molecule has 136 valence electrons. The summed E-state index contributed by atoms with van der Waals surface area (Å²) in [5.74, 6) is 2.60. The van der Waals surface area contributed by atoms with Crippen molar-refractivity contribution in [3.63, 3.8) is 0 Å². The highest BCUT2D eigenvalue weighted by molar-refractivity contribution is 7.99. The maximum absolute atomic E-state index is 5.91. The highest BCUT2D eigenvalue weighted by Crippen LogP contribution is 2.43. The maximum Gasteiger partial charge on any atom is 0.247 e. The summed E-state index contributed by atoms with van der Waals surface area (Å²) in [5, 5.41) is 18.3. The van der Waals surface area contributed by atoms with Crippen LogP contribution in [0, 0.1) is 6.92 Å². The summed E-state index contributed by atoms with van der Waals surface area (Å²) in [6, 6.07) is 8.64. The minimum Gasteiger partial charge on any atom is -0.419 e. The minimum atomic E-state index is 0.0170. The smallest absolute Gasteiger partial charge is 0.247 e. The second-order valence-corrected chi connectivity index (χ2v) is 8.48. The Bertz CT molecular complexity index is 895. The minimum absolute atomic E-state index is 0.0170. The van der Waals surface area contributed by atoms with Crippen molar-refractivity contribution >= 4 is 11.8 Å². The molecule has 1 fully saturated rings. The van der Waals surface area contributed by atoms with Crippen LogP contribution in [0.25, 0.3) is 11.5 Å². The lowest BCUT2D eigenvalue weighted by Gasteiger charge is -2.12. The van der Waals surface area contributed by atoms with Crippen LogP contribution in [-0.4, -0.2) is 25.0 Å². The normalized spacial score (nSPS) is 15.6. The third kappa shape index (κ3) is 3.40. The van der Waals surface area contributed by atoms with Crippen molar-refractivity contribution in [2.45, 2.75) is 62.9 Å². The molecule has 1 aliphatic rings. The molecule has 1 atom stereocenters. The van der Waals surface area contributed by atoms with E-state index in [1.165, 1.54) is 18.4 Å². The number of benzene rings is 1. The van der Waals surface area contributed by atoms with E-state index in [9.17, 15) is 0 Å². The van der Waals surface area contributed by atoms with E-state index in [0.717, 1.165) is 16.5 Å². The van der Waals surface area contributed by atoms with E-state index >= 15 is 0 Å². The Hall–Kier alpha value is -2.15. The van der Waals surface area contributed by atoms with Gasteiger partial charge in [0.2, 0.25) is 11.8 Å². The molecule has 0 spiro atoms. The summed E-state index contributed by atoms with van der Waals surface area (Å²) in [6.07, 6.45) is 2.41. The van der Waals surface area contributed by atoms with Crippen LogP contribution in [0.4, 0.5) is 0 Å². The van der Waals surface area contributed by atoms with Crippen LogP contribution in [-0.2, 0) is 0 Å². The highest BCUT2D eigenvalue weighted by atomic mass is 32.2. The fraction of sp³-hybridized carbons (Fsp3) is 0.474. The highest BCUT2D eigenvalue weighted by Gasteiger charge is 2.31. The molecule has 3 aromatic rings. The molecule has 0 amide bonds. The molecular weight excluding hydrogens is 346 g/mol. The lowest BCUT2D eigenvalue weighted by Crippen LogP contribution is -2.05. The van der Waals surface area contributed by atoms with Crippen LogP contribution >= 0.6 is 11.8 Å². The Labute approximate surface area is 157 Å². The van der Waals surface area contributed by atoms with Gasteiger partial charge in [-0.2, -0.15) is 0 Å². The van der Waals surface area contributed by atoms with Crippen LogP contribution in [0.5, 0.6) is 0 Å². The van der Waals surface area contributed by atoms with E-state index in [1.807, 2.05) is 24.3 Å². The zero-order valence-electron chi connectivity index (χ0n) is 15.5. The molecule has 6 nitrogen and oxygen atoms in total. The molecule has 1 unspecified atom stereocenters. The first kappa shape index (κ1) is 17.3. The number of thioether (sulfide) groups is 1. The summed E-state index contributed by atoms with van der Waals surface area (Å²) in [5.41, 5.74) is 2.15. The van der Waals surface area contributed by atoms with Gasteiger partial charge in [-0.25, -0.2) is 0 Å². The van der Waals surface area contributed by atoms with Crippen molar-refractivity contribution in [1.82, 2.24) is 25.0 Å². The maximum atomic E-state index is 5.91. The Morgan fingerprint density at radius 3 is 2.42 bits per heavy atom. The third-order valence-corrected chi connectivity index (χ3v) is 5.53. The molecule has 26 heavy (non-hydrogen) atoms. The van der Waals surface area contributed by atoms with Crippen molar-refractivity contribution in [3.8, 4) is 11.5 Å². The topological polar surface area (TPSA) is 69.6 Å². The second-order valence-electron chi connectivity index (χ2n) is 7.17. The van der Waals surface area contributed by atoms with Gasteiger partial charge in [0.1, 0.15) is 5.82 Å². The molecule has 4 rings (SSSR count). The molecule has 0 bridgehead atoms. The molecule has 7 heteroatoms. The van der Waals surface area contributed by atoms with Gasteiger partial charge in [0, 0.05) is 17.5 Å². The van der Waals surface area contributed by atoms with Crippen molar-refractivity contribution in [2.75, 3.05) is 0 Å². The molecule has 0 radical (unpaired) electrons. The van der Waals surface area contributed by atoms with Crippen molar-refractivity contribution in [3.05, 3.63) is 41.5 Å². The van der Waals surface area contributed by atoms with Crippen LogP contribution in [0.3, 0.4) is 0 Å². The van der Waals surface area contributed by atoms with Crippen LogP contribution < -0.4 is 0 Å². The Morgan fingerprint density at radius 1 is 1.04 bits per heavy atom. The molecule has 1 aliphatic carbocycles. The molecule has 1 aromatic carbocycles. The van der Waals surface area contributed by atoms with Crippen LogP contribution in [0.2, 0.25) is 0 Å². The Balaban J connectivity index is 1.54. The molecule has 0 N–H and O–H groups in total. The monoisotopic (exact) mass is 369 g/mol. The van der Waals surface area contributed by atoms with Gasteiger partial charge in [0.25, 0.3) is 0 Å². The number of aryl methyl sites for hydroxylation is 1. The largest absolute Gasteiger partial charge is 0.419 e. The van der Waals surface area contributed by atoms with Gasteiger partial charge < -0.3 is 8.98 Å². The zero-order chi connectivity index (χ0) is 18.3. The van der Waals surface area contributed by atoms with Crippen LogP contribution in [0.1, 0.15) is 68.1 Å². The van der Waals surface area contributed by atoms with E-state index in [4.69, 9.17) is 4.42 Å². The summed E-state index contributed by atoms with van der Waals surface area (Å²) in [6.45, 7) is 8.44. The van der Waals surface area contributed by atoms with E-state index in [-0.39, 0.29) is 5.25 Å². The fourth-order valence-corrected chi connectivity index (χ4v) is 3.81. The summed E-state index contributed by atoms with van der Waals surface area (Å²) in [4.78, 5) is 0. The first-order valence-corrected chi connectivity index (χ1v) is 9.92. The van der Waals surface area contributed by atoms with Gasteiger partial charge in [-0.15, -0.1) is 20.4 Å². The van der Waals surface area contributed by atoms with E-state index in [2.05, 4.69) is 52.7 Å².